The van der Waals surface area contributed by atoms with E-state index in [1.165, 1.54) is 50.2 Å². The quantitative estimate of drug-likeness (QED) is 0.925. The van der Waals surface area contributed by atoms with Gasteiger partial charge in [0.1, 0.15) is 0 Å². The molecule has 3 rings (SSSR count). The number of piperazine rings is 1. The Bertz CT molecular complexity index is 392. The second-order valence-electron chi connectivity index (χ2n) is 6.32. The third-order valence-electron chi connectivity index (χ3n) is 4.84. The van der Waals surface area contributed by atoms with Crippen LogP contribution in [0.25, 0.3) is 0 Å². The van der Waals surface area contributed by atoms with Gasteiger partial charge in [0.05, 0.1) is 0 Å². The molecule has 0 spiro atoms. The van der Waals surface area contributed by atoms with Gasteiger partial charge in [0.2, 0.25) is 0 Å². The number of hydrogen-bond donors (Lipinski definition) is 1. The largest absolute Gasteiger partial charge is 0.346 e. The first-order valence-electron chi connectivity index (χ1n) is 7.91. The van der Waals surface area contributed by atoms with Crippen molar-refractivity contribution in [2.45, 2.75) is 44.1 Å². The average molecular weight is 294 g/mol. The van der Waals surface area contributed by atoms with Crippen LogP contribution in [0.4, 0.5) is 5.13 Å². The lowest BCUT2D eigenvalue weighted by molar-refractivity contribution is 0.200. The number of aromatic nitrogens is 1. The van der Waals surface area contributed by atoms with Crippen molar-refractivity contribution in [1.29, 1.82) is 0 Å². The molecule has 1 saturated heterocycles. The molecule has 0 radical (unpaired) electrons. The first-order valence-corrected chi connectivity index (χ1v) is 8.79. The van der Waals surface area contributed by atoms with Crippen LogP contribution in [-0.4, -0.2) is 48.1 Å². The molecular weight excluding hydrogens is 268 g/mol. The third kappa shape index (κ3) is 3.51. The highest BCUT2D eigenvalue weighted by Crippen LogP contribution is 2.29. The second kappa shape index (κ2) is 6.41. The molecule has 20 heavy (non-hydrogen) atoms. The first kappa shape index (κ1) is 14.3. The molecule has 2 N–H and O–H groups in total. The summed E-state index contributed by atoms with van der Waals surface area (Å²) in [4.78, 5) is 9.38. The highest BCUT2D eigenvalue weighted by molar-refractivity contribution is 7.13. The van der Waals surface area contributed by atoms with Crippen LogP contribution >= 0.6 is 11.3 Å². The maximum atomic E-state index is 6.54. The lowest BCUT2D eigenvalue weighted by Gasteiger charge is -2.38. The Morgan fingerprint density at radius 3 is 2.55 bits per heavy atom. The van der Waals surface area contributed by atoms with Gasteiger partial charge in [0.25, 0.3) is 0 Å². The molecule has 1 aromatic rings. The van der Waals surface area contributed by atoms with Crippen molar-refractivity contribution in [3.05, 3.63) is 11.6 Å². The van der Waals surface area contributed by atoms with Crippen molar-refractivity contribution in [3.63, 3.8) is 0 Å². The van der Waals surface area contributed by atoms with E-state index >= 15 is 0 Å². The lowest BCUT2D eigenvalue weighted by Crippen LogP contribution is -2.50. The van der Waals surface area contributed by atoms with Crippen LogP contribution in [0.5, 0.6) is 0 Å². The first-order chi connectivity index (χ1) is 9.75. The van der Waals surface area contributed by atoms with E-state index < -0.39 is 0 Å². The summed E-state index contributed by atoms with van der Waals surface area (Å²) in [5.74, 6) is 0. The lowest BCUT2D eigenvalue weighted by atomic mass is 9.80. The van der Waals surface area contributed by atoms with Crippen LogP contribution in [0.2, 0.25) is 0 Å². The van der Waals surface area contributed by atoms with Crippen molar-refractivity contribution < 1.29 is 0 Å². The van der Waals surface area contributed by atoms with E-state index in [1.807, 2.05) is 6.20 Å². The van der Waals surface area contributed by atoms with Gasteiger partial charge in [0.15, 0.2) is 5.13 Å². The standard InChI is InChI=1S/C15H26N4S/c16-15(4-2-1-3-5-15)6-8-18-9-11-19(12-10-18)14-17-7-13-20-14/h7,13H,1-6,8-12,16H2. The van der Waals surface area contributed by atoms with Gasteiger partial charge in [-0.2, -0.15) is 0 Å². The fourth-order valence-electron chi connectivity index (χ4n) is 3.42. The fraction of sp³-hybridized carbons (Fsp3) is 0.800. The molecule has 2 fully saturated rings. The van der Waals surface area contributed by atoms with Gasteiger partial charge in [-0.3, -0.25) is 4.90 Å². The Morgan fingerprint density at radius 2 is 1.90 bits per heavy atom. The third-order valence-corrected chi connectivity index (χ3v) is 5.67. The predicted octanol–water partition coefficient (Wildman–Crippen LogP) is 2.32. The monoisotopic (exact) mass is 294 g/mol. The second-order valence-corrected chi connectivity index (χ2v) is 7.19. The van der Waals surface area contributed by atoms with E-state index in [9.17, 15) is 0 Å². The Labute approximate surface area is 126 Å². The summed E-state index contributed by atoms with van der Waals surface area (Å²) in [5.41, 5.74) is 6.66. The highest BCUT2D eigenvalue weighted by atomic mass is 32.1. The van der Waals surface area contributed by atoms with Gasteiger partial charge in [0, 0.05) is 49.8 Å². The minimum Gasteiger partial charge on any atom is -0.346 e. The molecule has 2 aliphatic rings. The fourth-order valence-corrected chi connectivity index (χ4v) is 4.12. The Hall–Kier alpha value is -0.650. The maximum absolute atomic E-state index is 6.54. The predicted molar refractivity (Wildman–Crippen MR) is 85.4 cm³/mol. The van der Waals surface area contributed by atoms with Gasteiger partial charge in [-0.05, 0) is 19.3 Å². The minimum absolute atomic E-state index is 0.130. The van der Waals surface area contributed by atoms with Gasteiger partial charge in [-0.25, -0.2) is 4.98 Å². The van der Waals surface area contributed by atoms with Crippen molar-refractivity contribution >= 4 is 16.5 Å². The summed E-state index contributed by atoms with van der Waals surface area (Å²) < 4.78 is 0. The van der Waals surface area contributed by atoms with E-state index in [-0.39, 0.29) is 5.54 Å². The molecule has 5 heteroatoms. The summed E-state index contributed by atoms with van der Waals surface area (Å²) >= 11 is 1.74. The van der Waals surface area contributed by atoms with Crippen LogP contribution in [0.1, 0.15) is 38.5 Å². The maximum Gasteiger partial charge on any atom is 0.185 e. The average Bonchev–Trinajstić information content (AvgIpc) is 3.01. The van der Waals surface area contributed by atoms with E-state index in [2.05, 4.69) is 20.2 Å². The van der Waals surface area contributed by atoms with Crippen LogP contribution in [0, 0.1) is 0 Å². The van der Waals surface area contributed by atoms with E-state index in [0.717, 1.165) is 26.2 Å². The number of hydrogen-bond acceptors (Lipinski definition) is 5. The van der Waals surface area contributed by atoms with Gasteiger partial charge in [-0.15, -0.1) is 11.3 Å². The zero-order valence-electron chi connectivity index (χ0n) is 12.3. The van der Waals surface area contributed by atoms with Gasteiger partial charge < -0.3 is 10.6 Å². The molecule has 1 aliphatic carbocycles. The molecule has 1 aliphatic heterocycles. The molecule has 0 amide bonds. The molecule has 1 aromatic heterocycles. The van der Waals surface area contributed by atoms with Crippen LogP contribution in [-0.2, 0) is 0 Å². The highest BCUT2D eigenvalue weighted by Gasteiger charge is 2.28. The van der Waals surface area contributed by atoms with Crippen molar-refractivity contribution in [2.75, 3.05) is 37.6 Å². The summed E-state index contributed by atoms with van der Waals surface area (Å²) in [6.45, 7) is 5.67. The molecule has 2 heterocycles. The number of anilines is 1. The number of thiazole rings is 1. The van der Waals surface area contributed by atoms with Crippen molar-refractivity contribution in [2.24, 2.45) is 5.73 Å². The summed E-state index contributed by atoms with van der Waals surface area (Å²) in [6, 6.07) is 0. The molecule has 0 bridgehead atoms. The summed E-state index contributed by atoms with van der Waals surface area (Å²) in [6.07, 6.45) is 9.56. The van der Waals surface area contributed by atoms with E-state index in [1.54, 1.807) is 11.3 Å². The van der Waals surface area contributed by atoms with Gasteiger partial charge in [-0.1, -0.05) is 19.3 Å². The Kier molecular flexibility index (Phi) is 4.58. The van der Waals surface area contributed by atoms with Crippen LogP contribution < -0.4 is 10.6 Å². The Balaban J connectivity index is 1.42. The SMILES string of the molecule is NC1(CCN2CCN(c3nccs3)CC2)CCCCC1. The molecule has 4 nitrogen and oxygen atoms in total. The molecule has 112 valence electrons. The van der Waals surface area contributed by atoms with Crippen LogP contribution in [0.15, 0.2) is 11.6 Å². The minimum atomic E-state index is 0.130. The number of rotatable bonds is 4. The van der Waals surface area contributed by atoms with Gasteiger partial charge >= 0.3 is 0 Å². The van der Waals surface area contributed by atoms with Crippen LogP contribution in [0.3, 0.4) is 0 Å². The van der Waals surface area contributed by atoms with Crippen molar-refractivity contribution in [1.82, 2.24) is 9.88 Å². The van der Waals surface area contributed by atoms with Crippen molar-refractivity contribution in [3.8, 4) is 0 Å². The smallest absolute Gasteiger partial charge is 0.185 e. The summed E-state index contributed by atoms with van der Waals surface area (Å²) in [5, 5.41) is 3.23. The molecule has 1 saturated carbocycles. The summed E-state index contributed by atoms with van der Waals surface area (Å²) in [7, 11) is 0. The normalized spacial score (nSPS) is 23.9. The van der Waals surface area contributed by atoms with E-state index in [0.29, 0.717) is 0 Å². The zero-order chi connectivity index (χ0) is 13.8. The number of nitrogens with zero attached hydrogens (tertiary/aromatic N) is 3. The Morgan fingerprint density at radius 1 is 1.15 bits per heavy atom. The number of nitrogens with two attached hydrogens (primary N) is 1. The molecular formula is C15H26N4S. The zero-order valence-corrected chi connectivity index (χ0v) is 13.1. The molecule has 0 atom stereocenters. The molecule has 0 unspecified atom stereocenters. The topological polar surface area (TPSA) is 45.4 Å². The van der Waals surface area contributed by atoms with E-state index in [4.69, 9.17) is 5.73 Å². The molecule has 0 aromatic carbocycles.